The van der Waals surface area contributed by atoms with E-state index in [-0.39, 0.29) is 0 Å². The number of ether oxygens (including phenoxy) is 1. The Hall–Kier alpha value is -0.510. The highest BCUT2D eigenvalue weighted by atomic mass is 32.2. The monoisotopic (exact) mass is 293 g/mol. The normalized spacial score (nSPS) is 16.5. The standard InChI is InChI=1S/C17H27NOS/c1-14-8-9-17(20-16-6-4-3-5-7-16)15(12-14)13-18-10-11-19-2/h8-9,12,16,18H,3-7,10-11,13H2,1-2H3. The number of nitrogens with one attached hydrogen (secondary N) is 1. The second-order valence-corrected chi connectivity index (χ2v) is 7.00. The molecule has 1 aromatic rings. The van der Waals surface area contributed by atoms with Crippen LogP contribution in [0.1, 0.15) is 43.2 Å². The lowest BCUT2D eigenvalue weighted by Gasteiger charge is -2.22. The first-order chi connectivity index (χ1) is 9.79. The van der Waals surface area contributed by atoms with Gasteiger partial charge in [0.2, 0.25) is 0 Å². The van der Waals surface area contributed by atoms with Gasteiger partial charge in [-0.25, -0.2) is 0 Å². The van der Waals surface area contributed by atoms with E-state index in [1.165, 1.54) is 48.1 Å². The first-order valence-electron chi connectivity index (χ1n) is 7.75. The maximum Gasteiger partial charge on any atom is 0.0587 e. The lowest BCUT2D eigenvalue weighted by Crippen LogP contribution is -2.19. The van der Waals surface area contributed by atoms with Crippen LogP contribution < -0.4 is 5.32 Å². The molecule has 2 nitrogen and oxygen atoms in total. The van der Waals surface area contributed by atoms with E-state index in [1.54, 1.807) is 7.11 Å². The van der Waals surface area contributed by atoms with Gasteiger partial charge in [0.15, 0.2) is 0 Å². The Morgan fingerprint density at radius 1 is 1.25 bits per heavy atom. The van der Waals surface area contributed by atoms with E-state index >= 15 is 0 Å². The minimum atomic E-state index is 0.775. The van der Waals surface area contributed by atoms with E-state index in [0.29, 0.717) is 0 Å². The van der Waals surface area contributed by atoms with Gasteiger partial charge in [0, 0.05) is 30.3 Å². The highest BCUT2D eigenvalue weighted by Crippen LogP contribution is 2.35. The molecule has 0 amide bonds. The minimum absolute atomic E-state index is 0.775. The third-order valence-corrected chi connectivity index (χ3v) is 5.32. The molecule has 1 saturated carbocycles. The van der Waals surface area contributed by atoms with Crippen LogP contribution in [0, 0.1) is 6.92 Å². The van der Waals surface area contributed by atoms with Crippen LogP contribution in [-0.4, -0.2) is 25.5 Å². The molecule has 112 valence electrons. The molecule has 1 N–H and O–H groups in total. The van der Waals surface area contributed by atoms with Gasteiger partial charge in [-0.2, -0.15) is 0 Å². The predicted octanol–water partition coefficient (Wildman–Crippen LogP) is 4.16. The van der Waals surface area contributed by atoms with Crippen molar-refractivity contribution >= 4 is 11.8 Å². The number of hydrogen-bond acceptors (Lipinski definition) is 3. The van der Waals surface area contributed by atoms with Crippen LogP contribution in [-0.2, 0) is 11.3 Å². The van der Waals surface area contributed by atoms with Crippen molar-refractivity contribution in [3.05, 3.63) is 29.3 Å². The Bertz CT molecular complexity index is 402. The Kier molecular flexibility index (Phi) is 6.91. The highest BCUT2D eigenvalue weighted by Gasteiger charge is 2.16. The number of methoxy groups -OCH3 is 1. The summed E-state index contributed by atoms with van der Waals surface area (Å²) in [7, 11) is 1.75. The van der Waals surface area contributed by atoms with Crippen LogP contribution in [0.3, 0.4) is 0 Å². The van der Waals surface area contributed by atoms with Gasteiger partial charge in [-0.15, -0.1) is 11.8 Å². The summed E-state index contributed by atoms with van der Waals surface area (Å²) in [6.07, 6.45) is 7.01. The van der Waals surface area contributed by atoms with E-state index in [9.17, 15) is 0 Å². The molecule has 1 aliphatic carbocycles. The molecular formula is C17H27NOS. The van der Waals surface area contributed by atoms with Gasteiger partial charge in [0.1, 0.15) is 0 Å². The summed E-state index contributed by atoms with van der Waals surface area (Å²) in [5.74, 6) is 0. The molecule has 0 unspecified atom stereocenters. The molecule has 0 bridgehead atoms. The average molecular weight is 293 g/mol. The Morgan fingerprint density at radius 2 is 2.05 bits per heavy atom. The first-order valence-corrected chi connectivity index (χ1v) is 8.63. The van der Waals surface area contributed by atoms with Crippen LogP contribution in [0.2, 0.25) is 0 Å². The highest BCUT2D eigenvalue weighted by molar-refractivity contribution is 8.00. The summed E-state index contributed by atoms with van der Waals surface area (Å²) in [4.78, 5) is 1.47. The maximum atomic E-state index is 5.09. The molecule has 0 aromatic heterocycles. The van der Waals surface area contributed by atoms with Gasteiger partial charge in [-0.05, 0) is 31.4 Å². The molecular weight excluding hydrogens is 266 g/mol. The fraction of sp³-hybridized carbons (Fsp3) is 0.647. The largest absolute Gasteiger partial charge is 0.383 e. The summed E-state index contributed by atoms with van der Waals surface area (Å²) >= 11 is 2.09. The van der Waals surface area contributed by atoms with E-state index < -0.39 is 0 Å². The Labute approximate surface area is 127 Å². The lowest BCUT2D eigenvalue weighted by molar-refractivity contribution is 0.199. The number of rotatable bonds is 7. The molecule has 0 atom stereocenters. The number of benzene rings is 1. The van der Waals surface area contributed by atoms with E-state index in [1.807, 2.05) is 0 Å². The molecule has 0 heterocycles. The van der Waals surface area contributed by atoms with E-state index in [4.69, 9.17) is 4.74 Å². The Morgan fingerprint density at radius 3 is 2.80 bits per heavy atom. The third-order valence-electron chi connectivity index (χ3n) is 3.86. The molecule has 20 heavy (non-hydrogen) atoms. The van der Waals surface area contributed by atoms with Crippen molar-refractivity contribution in [1.29, 1.82) is 0 Å². The minimum Gasteiger partial charge on any atom is -0.383 e. The number of hydrogen-bond donors (Lipinski definition) is 1. The first kappa shape index (κ1) is 15.9. The quantitative estimate of drug-likeness (QED) is 0.763. The summed E-state index contributed by atoms with van der Waals surface area (Å²) < 4.78 is 5.09. The van der Waals surface area contributed by atoms with Crippen molar-refractivity contribution in [1.82, 2.24) is 5.32 Å². The molecule has 0 aliphatic heterocycles. The van der Waals surface area contributed by atoms with Crippen LogP contribution in [0.4, 0.5) is 0 Å². The van der Waals surface area contributed by atoms with Gasteiger partial charge in [-0.1, -0.05) is 37.0 Å². The second kappa shape index (κ2) is 8.71. The van der Waals surface area contributed by atoms with Gasteiger partial charge in [0.05, 0.1) is 6.61 Å². The zero-order valence-corrected chi connectivity index (χ0v) is 13.6. The van der Waals surface area contributed by atoms with Crippen LogP contribution in [0.25, 0.3) is 0 Å². The molecule has 1 aliphatic rings. The van der Waals surface area contributed by atoms with Crippen molar-refractivity contribution in [3.8, 4) is 0 Å². The topological polar surface area (TPSA) is 21.3 Å². The third kappa shape index (κ3) is 5.12. The SMILES string of the molecule is COCCNCc1cc(C)ccc1SC1CCCCC1. The van der Waals surface area contributed by atoms with E-state index in [0.717, 1.165) is 24.9 Å². The number of thioether (sulfide) groups is 1. The maximum absolute atomic E-state index is 5.09. The fourth-order valence-corrected chi connectivity index (χ4v) is 4.08. The molecule has 1 aromatic carbocycles. The van der Waals surface area contributed by atoms with E-state index in [2.05, 4.69) is 42.2 Å². The van der Waals surface area contributed by atoms with Crippen molar-refractivity contribution in [2.75, 3.05) is 20.3 Å². The lowest BCUT2D eigenvalue weighted by atomic mass is 10.0. The van der Waals surface area contributed by atoms with Crippen LogP contribution in [0.5, 0.6) is 0 Å². The molecule has 3 heteroatoms. The Balaban J connectivity index is 1.95. The zero-order valence-electron chi connectivity index (χ0n) is 12.8. The fourth-order valence-electron chi connectivity index (χ4n) is 2.72. The van der Waals surface area contributed by atoms with Gasteiger partial charge < -0.3 is 10.1 Å². The van der Waals surface area contributed by atoms with Gasteiger partial charge >= 0.3 is 0 Å². The number of aryl methyl sites for hydroxylation is 1. The van der Waals surface area contributed by atoms with Crippen molar-refractivity contribution in [2.24, 2.45) is 0 Å². The van der Waals surface area contributed by atoms with Gasteiger partial charge in [0.25, 0.3) is 0 Å². The van der Waals surface area contributed by atoms with Crippen LogP contribution in [0.15, 0.2) is 23.1 Å². The molecule has 0 saturated heterocycles. The predicted molar refractivity (Wildman–Crippen MR) is 87.5 cm³/mol. The summed E-state index contributed by atoms with van der Waals surface area (Å²) in [6, 6.07) is 6.87. The summed E-state index contributed by atoms with van der Waals surface area (Å²) in [5, 5.41) is 4.29. The average Bonchev–Trinajstić information content (AvgIpc) is 2.47. The molecule has 0 spiro atoms. The zero-order chi connectivity index (χ0) is 14.2. The van der Waals surface area contributed by atoms with Crippen LogP contribution >= 0.6 is 11.8 Å². The summed E-state index contributed by atoms with van der Waals surface area (Å²) in [5.41, 5.74) is 2.79. The van der Waals surface area contributed by atoms with Crippen molar-refractivity contribution in [2.45, 2.75) is 55.7 Å². The second-order valence-electron chi connectivity index (χ2n) is 5.66. The smallest absolute Gasteiger partial charge is 0.0587 e. The molecule has 0 radical (unpaired) electrons. The molecule has 2 rings (SSSR count). The van der Waals surface area contributed by atoms with Gasteiger partial charge in [-0.3, -0.25) is 0 Å². The van der Waals surface area contributed by atoms with Crippen molar-refractivity contribution < 1.29 is 4.74 Å². The van der Waals surface area contributed by atoms with Crippen molar-refractivity contribution in [3.63, 3.8) is 0 Å². The summed E-state index contributed by atoms with van der Waals surface area (Å²) in [6.45, 7) is 4.81. The molecule has 1 fully saturated rings.